The number of unbranched alkanes of at least 4 members (excludes halogenated alkanes) is 22. The Labute approximate surface area is 284 Å². The largest absolute Gasteiger partial charge is 0.493 e. The Bertz CT molecular complexity index is 906. The van der Waals surface area contributed by atoms with E-state index in [2.05, 4.69) is 13.8 Å². The SMILES string of the molecule is CCCCCCCCCCCCCCOc1ccccc1CC(=O)Cc1ccccc1OCCCCCCCCCCCCCC. The smallest absolute Gasteiger partial charge is 0.141 e. The monoisotopic (exact) mass is 635 g/mol. The van der Waals surface area contributed by atoms with Crippen LogP contribution in [0.1, 0.15) is 179 Å². The molecule has 2 aromatic carbocycles. The van der Waals surface area contributed by atoms with Gasteiger partial charge >= 0.3 is 0 Å². The van der Waals surface area contributed by atoms with Crippen LogP contribution in [0.5, 0.6) is 11.5 Å². The van der Waals surface area contributed by atoms with Crippen molar-refractivity contribution in [2.45, 2.75) is 181 Å². The van der Waals surface area contributed by atoms with E-state index in [1.54, 1.807) is 0 Å². The molecule has 0 saturated carbocycles. The molecule has 0 amide bonds. The Morgan fingerprint density at radius 3 is 1.02 bits per heavy atom. The molecule has 3 heteroatoms. The fourth-order valence-corrected chi connectivity index (χ4v) is 6.32. The van der Waals surface area contributed by atoms with Crippen LogP contribution in [0, 0.1) is 0 Å². The maximum atomic E-state index is 13.2. The number of hydrogen-bond acceptors (Lipinski definition) is 3. The van der Waals surface area contributed by atoms with E-state index in [1.165, 1.54) is 141 Å². The number of ketones is 1. The van der Waals surface area contributed by atoms with Gasteiger partial charge in [0.1, 0.15) is 17.3 Å². The highest BCUT2D eigenvalue weighted by Gasteiger charge is 2.13. The average molecular weight is 635 g/mol. The highest BCUT2D eigenvalue weighted by molar-refractivity contribution is 5.84. The second-order valence-corrected chi connectivity index (χ2v) is 13.6. The molecule has 0 fully saturated rings. The third kappa shape index (κ3) is 20.8. The summed E-state index contributed by atoms with van der Waals surface area (Å²) in [6, 6.07) is 16.1. The molecule has 0 aliphatic rings. The van der Waals surface area contributed by atoms with E-state index in [-0.39, 0.29) is 5.78 Å². The van der Waals surface area contributed by atoms with Gasteiger partial charge in [0, 0.05) is 24.0 Å². The summed E-state index contributed by atoms with van der Waals surface area (Å²) >= 11 is 0. The van der Waals surface area contributed by atoms with Crippen LogP contribution in [0.2, 0.25) is 0 Å². The molecule has 3 nitrogen and oxygen atoms in total. The van der Waals surface area contributed by atoms with Crippen LogP contribution in [-0.2, 0) is 17.6 Å². The van der Waals surface area contributed by atoms with Crippen molar-refractivity contribution < 1.29 is 14.3 Å². The Morgan fingerprint density at radius 1 is 0.413 bits per heavy atom. The number of benzene rings is 2. The predicted octanol–water partition coefficient (Wildman–Crippen LogP) is 13.2. The van der Waals surface area contributed by atoms with E-state index >= 15 is 0 Å². The lowest BCUT2D eigenvalue weighted by Gasteiger charge is -2.13. The third-order valence-corrected chi connectivity index (χ3v) is 9.23. The summed E-state index contributed by atoms with van der Waals surface area (Å²) in [5, 5.41) is 0. The van der Waals surface area contributed by atoms with Gasteiger partial charge in [0.15, 0.2) is 0 Å². The first kappa shape index (κ1) is 39.9. The summed E-state index contributed by atoms with van der Waals surface area (Å²) in [5.41, 5.74) is 1.97. The molecule has 0 aliphatic carbocycles. The predicted molar refractivity (Wildman–Crippen MR) is 198 cm³/mol. The summed E-state index contributed by atoms with van der Waals surface area (Å²) in [5.74, 6) is 1.91. The minimum atomic E-state index is 0.197. The first-order chi connectivity index (χ1) is 22.7. The number of para-hydroxylation sites is 2. The highest BCUT2D eigenvalue weighted by Crippen LogP contribution is 2.23. The number of carbonyl (C=O) groups excluding carboxylic acids is 1. The van der Waals surface area contributed by atoms with Crippen LogP contribution < -0.4 is 9.47 Å². The molecule has 46 heavy (non-hydrogen) atoms. The van der Waals surface area contributed by atoms with E-state index in [0.717, 1.165) is 48.7 Å². The lowest BCUT2D eigenvalue weighted by Crippen LogP contribution is -2.10. The van der Waals surface area contributed by atoms with Gasteiger partial charge in [-0.25, -0.2) is 0 Å². The molecule has 0 heterocycles. The van der Waals surface area contributed by atoms with Crippen molar-refractivity contribution in [2.75, 3.05) is 13.2 Å². The maximum Gasteiger partial charge on any atom is 0.141 e. The van der Waals surface area contributed by atoms with Crippen LogP contribution >= 0.6 is 0 Å². The molecule has 0 spiro atoms. The van der Waals surface area contributed by atoms with E-state index in [9.17, 15) is 4.79 Å². The molecule has 0 atom stereocenters. The Hall–Kier alpha value is -2.29. The van der Waals surface area contributed by atoms with E-state index in [1.807, 2.05) is 48.5 Å². The summed E-state index contributed by atoms with van der Waals surface area (Å²) in [7, 11) is 0. The van der Waals surface area contributed by atoms with Gasteiger partial charge in [-0.15, -0.1) is 0 Å². The molecule has 2 aromatic rings. The molecule has 0 bridgehead atoms. The molecular weight excluding hydrogens is 564 g/mol. The van der Waals surface area contributed by atoms with Crippen molar-refractivity contribution in [3.8, 4) is 11.5 Å². The number of ether oxygens (including phenoxy) is 2. The van der Waals surface area contributed by atoms with Crippen molar-refractivity contribution in [3.05, 3.63) is 59.7 Å². The van der Waals surface area contributed by atoms with Gasteiger partial charge in [0.25, 0.3) is 0 Å². The van der Waals surface area contributed by atoms with Crippen LogP contribution in [0.25, 0.3) is 0 Å². The quantitative estimate of drug-likeness (QED) is 0.0751. The lowest BCUT2D eigenvalue weighted by molar-refractivity contribution is -0.117. The van der Waals surface area contributed by atoms with Crippen molar-refractivity contribution in [1.29, 1.82) is 0 Å². The molecular formula is C43H70O3. The average Bonchev–Trinajstić information content (AvgIpc) is 3.06. The van der Waals surface area contributed by atoms with E-state index < -0.39 is 0 Å². The Kier molecular flexibility index (Phi) is 25.1. The minimum Gasteiger partial charge on any atom is -0.493 e. The van der Waals surface area contributed by atoms with Gasteiger partial charge in [-0.05, 0) is 25.0 Å². The lowest BCUT2D eigenvalue weighted by atomic mass is 10.0. The highest BCUT2D eigenvalue weighted by atomic mass is 16.5. The molecule has 260 valence electrons. The second-order valence-electron chi connectivity index (χ2n) is 13.6. The molecule has 0 radical (unpaired) electrons. The molecule has 2 rings (SSSR count). The summed E-state index contributed by atoms with van der Waals surface area (Å²) in [4.78, 5) is 13.2. The van der Waals surface area contributed by atoms with Crippen LogP contribution in [-0.4, -0.2) is 19.0 Å². The topological polar surface area (TPSA) is 35.5 Å². The van der Waals surface area contributed by atoms with Gasteiger partial charge < -0.3 is 9.47 Å². The van der Waals surface area contributed by atoms with Gasteiger partial charge in [0.2, 0.25) is 0 Å². The standard InChI is InChI=1S/C43H70O3/c1-3-5-7-9-11-13-15-17-19-21-23-29-35-45-42-33-27-25-31-39(42)37-41(44)38-40-32-26-28-34-43(40)46-36-30-24-22-20-18-16-14-12-10-8-6-4-2/h25-28,31-34H,3-24,29-30,35-38H2,1-2H3. The minimum absolute atomic E-state index is 0.197. The number of carbonyl (C=O) groups is 1. The zero-order valence-corrected chi connectivity index (χ0v) is 30.1. The fraction of sp³-hybridized carbons (Fsp3) is 0.698. The summed E-state index contributed by atoms with van der Waals surface area (Å²) in [6.45, 7) is 6.00. The normalized spacial score (nSPS) is 11.2. The van der Waals surface area contributed by atoms with Gasteiger partial charge in [-0.1, -0.05) is 192 Å². The first-order valence-corrected chi connectivity index (χ1v) is 19.7. The molecule has 0 N–H and O–H groups in total. The second kappa shape index (κ2) is 28.9. The van der Waals surface area contributed by atoms with Gasteiger partial charge in [-0.2, -0.15) is 0 Å². The van der Waals surface area contributed by atoms with Crippen LogP contribution in [0.4, 0.5) is 0 Å². The van der Waals surface area contributed by atoms with E-state index in [4.69, 9.17) is 9.47 Å². The van der Waals surface area contributed by atoms with Crippen molar-refractivity contribution in [3.63, 3.8) is 0 Å². The van der Waals surface area contributed by atoms with Crippen LogP contribution in [0.3, 0.4) is 0 Å². The van der Waals surface area contributed by atoms with Crippen LogP contribution in [0.15, 0.2) is 48.5 Å². The van der Waals surface area contributed by atoms with Gasteiger partial charge in [-0.3, -0.25) is 4.79 Å². The Morgan fingerprint density at radius 2 is 0.696 bits per heavy atom. The molecule has 0 unspecified atom stereocenters. The Balaban J connectivity index is 1.58. The summed E-state index contributed by atoms with van der Waals surface area (Å²) in [6.07, 6.45) is 32.9. The first-order valence-electron chi connectivity index (χ1n) is 19.7. The van der Waals surface area contributed by atoms with Crippen molar-refractivity contribution in [1.82, 2.24) is 0 Å². The zero-order chi connectivity index (χ0) is 32.8. The number of rotatable bonds is 32. The summed E-state index contributed by atoms with van der Waals surface area (Å²) < 4.78 is 12.3. The van der Waals surface area contributed by atoms with Crippen molar-refractivity contribution >= 4 is 5.78 Å². The fourth-order valence-electron chi connectivity index (χ4n) is 6.32. The molecule has 0 aromatic heterocycles. The maximum absolute atomic E-state index is 13.2. The van der Waals surface area contributed by atoms with E-state index in [0.29, 0.717) is 12.8 Å². The molecule has 0 saturated heterocycles. The van der Waals surface area contributed by atoms with Crippen molar-refractivity contribution in [2.24, 2.45) is 0 Å². The zero-order valence-electron chi connectivity index (χ0n) is 30.1. The third-order valence-electron chi connectivity index (χ3n) is 9.23. The molecule has 0 aliphatic heterocycles. The van der Waals surface area contributed by atoms with Gasteiger partial charge in [0.05, 0.1) is 13.2 Å². The number of hydrogen-bond donors (Lipinski definition) is 0. The number of Topliss-reactive ketones (excluding diaryl/α,β-unsaturated/α-hetero) is 1.